The van der Waals surface area contributed by atoms with E-state index < -0.39 is 0 Å². The van der Waals surface area contributed by atoms with Crippen molar-refractivity contribution >= 4 is 11.6 Å². The minimum atomic E-state index is -0.146. The van der Waals surface area contributed by atoms with E-state index in [4.69, 9.17) is 9.47 Å². The Bertz CT molecular complexity index is 465. The van der Waals surface area contributed by atoms with Gasteiger partial charge in [-0.05, 0) is 19.0 Å². The van der Waals surface area contributed by atoms with Crippen molar-refractivity contribution in [3.05, 3.63) is 29.8 Å². The first-order valence-electron chi connectivity index (χ1n) is 7.45. The highest BCUT2D eigenvalue weighted by Crippen LogP contribution is 2.20. The summed E-state index contributed by atoms with van der Waals surface area (Å²) >= 11 is 0. The molecule has 1 fully saturated rings. The Balaban J connectivity index is 2.00. The van der Waals surface area contributed by atoms with Crippen LogP contribution in [0.2, 0.25) is 0 Å². The van der Waals surface area contributed by atoms with Crippen LogP contribution in [0, 0.1) is 5.92 Å². The van der Waals surface area contributed by atoms with Crippen LogP contribution >= 0.6 is 0 Å². The largest absolute Gasteiger partial charge is 0.380 e. The van der Waals surface area contributed by atoms with Crippen molar-refractivity contribution in [3.63, 3.8) is 0 Å². The first kappa shape index (κ1) is 15.9. The lowest BCUT2D eigenvalue weighted by molar-refractivity contribution is -0.120. The van der Waals surface area contributed by atoms with Crippen LogP contribution in [0.25, 0.3) is 0 Å². The molecule has 1 aliphatic heterocycles. The second-order valence-electron chi connectivity index (χ2n) is 5.28. The molecule has 2 atom stereocenters. The van der Waals surface area contributed by atoms with Crippen LogP contribution in [0.1, 0.15) is 18.9 Å². The Labute approximate surface area is 126 Å². The molecule has 2 rings (SSSR count). The van der Waals surface area contributed by atoms with Crippen molar-refractivity contribution in [1.29, 1.82) is 0 Å². The number of rotatable bonds is 7. The zero-order valence-corrected chi connectivity index (χ0v) is 12.7. The lowest BCUT2D eigenvalue weighted by Crippen LogP contribution is -2.41. The topological polar surface area (TPSA) is 59.6 Å². The molecule has 0 radical (unpaired) electrons. The van der Waals surface area contributed by atoms with Crippen molar-refractivity contribution in [3.8, 4) is 0 Å². The maximum absolute atomic E-state index is 12.5. The Morgan fingerprint density at radius 1 is 1.38 bits per heavy atom. The van der Waals surface area contributed by atoms with Gasteiger partial charge in [0, 0.05) is 24.4 Å². The molecule has 1 aromatic carbocycles. The first-order valence-corrected chi connectivity index (χ1v) is 7.45. The number of hydrogen-bond acceptors (Lipinski definition) is 4. The molecule has 0 bridgehead atoms. The van der Waals surface area contributed by atoms with Crippen molar-refractivity contribution in [2.24, 2.45) is 5.92 Å². The fourth-order valence-corrected chi connectivity index (χ4v) is 2.49. The highest BCUT2D eigenvalue weighted by atomic mass is 16.5. The number of benzene rings is 1. The third-order valence-electron chi connectivity index (χ3n) is 3.65. The van der Waals surface area contributed by atoms with E-state index in [0.29, 0.717) is 19.8 Å². The number of ether oxygens (including phenoxy) is 2. The lowest BCUT2D eigenvalue weighted by Gasteiger charge is -2.19. The summed E-state index contributed by atoms with van der Waals surface area (Å²) in [6.07, 6.45) is 1.04. The van der Waals surface area contributed by atoms with Crippen LogP contribution in [0.5, 0.6) is 0 Å². The average molecular weight is 292 g/mol. The molecule has 116 valence electrons. The maximum Gasteiger partial charge on any atom is 0.231 e. The molecule has 2 unspecified atom stereocenters. The SMILES string of the molecule is CCCNC1COCC1C(=O)Nc1ccccc1COC. The molecule has 0 aliphatic carbocycles. The van der Waals surface area contributed by atoms with E-state index in [-0.39, 0.29) is 17.9 Å². The van der Waals surface area contributed by atoms with Crippen molar-refractivity contribution in [2.75, 3.05) is 32.2 Å². The van der Waals surface area contributed by atoms with E-state index in [1.165, 1.54) is 0 Å². The minimum absolute atomic E-state index is 0.00431. The van der Waals surface area contributed by atoms with Crippen LogP contribution in [-0.4, -0.2) is 38.8 Å². The molecular weight excluding hydrogens is 268 g/mol. The normalized spacial score (nSPS) is 21.4. The molecule has 5 heteroatoms. The van der Waals surface area contributed by atoms with E-state index >= 15 is 0 Å². The third-order valence-corrected chi connectivity index (χ3v) is 3.65. The second-order valence-corrected chi connectivity index (χ2v) is 5.28. The number of anilines is 1. The highest BCUT2D eigenvalue weighted by Gasteiger charge is 2.33. The fourth-order valence-electron chi connectivity index (χ4n) is 2.49. The summed E-state index contributed by atoms with van der Waals surface area (Å²) in [6, 6.07) is 7.80. The van der Waals surface area contributed by atoms with Gasteiger partial charge in [-0.2, -0.15) is 0 Å². The van der Waals surface area contributed by atoms with Gasteiger partial charge in [0.1, 0.15) is 0 Å². The second kappa shape index (κ2) is 8.12. The Morgan fingerprint density at radius 2 is 2.19 bits per heavy atom. The standard InChI is InChI=1S/C16H24N2O3/c1-3-8-17-15-11-21-10-13(15)16(19)18-14-7-5-4-6-12(14)9-20-2/h4-7,13,15,17H,3,8-11H2,1-2H3,(H,18,19). The summed E-state index contributed by atoms with van der Waals surface area (Å²) < 4.78 is 10.6. The summed E-state index contributed by atoms with van der Waals surface area (Å²) in [5.74, 6) is -0.142. The number of carbonyl (C=O) groups is 1. The molecule has 1 amide bonds. The maximum atomic E-state index is 12.5. The predicted octanol–water partition coefficient (Wildman–Crippen LogP) is 1.79. The summed E-state index contributed by atoms with van der Waals surface area (Å²) in [6.45, 7) is 4.56. The summed E-state index contributed by atoms with van der Waals surface area (Å²) in [5.41, 5.74) is 1.79. The van der Waals surface area contributed by atoms with E-state index in [2.05, 4.69) is 17.6 Å². The number of hydrogen-bond donors (Lipinski definition) is 2. The molecule has 5 nitrogen and oxygen atoms in total. The molecule has 1 aliphatic rings. The van der Waals surface area contributed by atoms with Gasteiger partial charge >= 0.3 is 0 Å². The minimum Gasteiger partial charge on any atom is -0.380 e. The lowest BCUT2D eigenvalue weighted by atomic mass is 10.0. The summed E-state index contributed by atoms with van der Waals surface area (Å²) in [7, 11) is 1.65. The van der Waals surface area contributed by atoms with Crippen molar-refractivity contribution in [2.45, 2.75) is 26.0 Å². The Morgan fingerprint density at radius 3 is 2.95 bits per heavy atom. The Kier molecular flexibility index (Phi) is 6.17. The molecular formula is C16H24N2O3. The Hall–Kier alpha value is -1.43. The highest BCUT2D eigenvalue weighted by molar-refractivity contribution is 5.94. The fraction of sp³-hybridized carbons (Fsp3) is 0.562. The summed E-state index contributed by atoms with van der Waals surface area (Å²) in [5, 5.41) is 6.38. The van der Waals surface area contributed by atoms with Gasteiger partial charge in [0.2, 0.25) is 5.91 Å². The van der Waals surface area contributed by atoms with Gasteiger partial charge in [-0.15, -0.1) is 0 Å². The molecule has 0 aromatic heterocycles. The van der Waals surface area contributed by atoms with Gasteiger partial charge in [0.25, 0.3) is 0 Å². The van der Waals surface area contributed by atoms with Crippen LogP contribution < -0.4 is 10.6 Å². The monoisotopic (exact) mass is 292 g/mol. The molecule has 0 saturated carbocycles. The third kappa shape index (κ3) is 4.27. The number of para-hydroxylation sites is 1. The van der Waals surface area contributed by atoms with Crippen molar-refractivity contribution < 1.29 is 14.3 Å². The molecule has 1 aromatic rings. The van der Waals surface area contributed by atoms with Gasteiger partial charge in [0.05, 0.1) is 25.7 Å². The predicted molar refractivity (Wildman–Crippen MR) is 82.2 cm³/mol. The molecule has 2 N–H and O–H groups in total. The van der Waals surface area contributed by atoms with Gasteiger partial charge in [-0.1, -0.05) is 25.1 Å². The number of amides is 1. The summed E-state index contributed by atoms with van der Waals surface area (Å²) in [4.78, 5) is 12.5. The van der Waals surface area contributed by atoms with E-state index in [0.717, 1.165) is 24.2 Å². The quantitative estimate of drug-likeness (QED) is 0.804. The van der Waals surface area contributed by atoms with Crippen LogP contribution in [-0.2, 0) is 20.9 Å². The number of carbonyl (C=O) groups excluding carboxylic acids is 1. The molecule has 21 heavy (non-hydrogen) atoms. The van der Waals surface area contributed by atoms with Gasteiger partial charge in [0.15, 0.2) is 0 Å². The first-order chi connectivity index (χ1) is 10.3. The zero-order chi connectivity index (χ0) is 15.1. The van der Waals surface area contributed by atoms with Crippen LogP contribution in [0.3, 0.4) is 0 Å². The van der Waals surface area contributed by atoms with E-state index in [9.17, 15) is 4.79 Å². The van der Waals surface area contributed by atoms with Crippen LogP contribution in [0.15, 0.2) is 24.3 Å². The smallest absolute Gasteiger partial charge is 0.231 e. The number of nitrogens with one attached hydrogen (secondary N) is 2. The molecule has 1 heterocycles. The van der Waals surface area contributed by atoms with E-state index in [1.807, 2.05) is 24.3 Å². The van der Waals surface area contributed by atoms with Gasteiger partial charge < -0.3 is 20.1 Å². The van der Waals surface area contributed by atoms with Gasteiger partial charge in [-0.25, -0.2) is 0 Å². The molecule has 1 saturated heterocycles. The van der Waals surface area contributed by atoms with Gasteiger partial charge in [-0.3, -0.25) is 4.79 Å². The molecule has 0 spiro atoms. The van der Waals surface area contributed by atoms with Crippen molar-refractivity contribution in [1.82, 2.24) is 5.32 Å². The number of methoxy groups -OCH3 is 1. The average Bonchev–Trinajstić information content (AvgIpc) is 2.96. The zero-order valence-electron chi connectivity index (χ0n) is 12.7. The van der Waals surface area contributed by atoms with E-state index in [1.54, 1.807) is 7.11 Å². The van der Waals surface area contributed by atoms with Crippen LogP contribution in [0.4, 0.5) is 5.69 Å².